The van der Waals surface area contributed by atoms with Crippen LogP contribution in [0, 0.1) is 0 Å². The molecule has 0 aliphatic carbocycles. The summed E-state index contributed by atoms with van der Waals surface area (Å²) in [6.45, 7) is 0. The predicted octanol–water partition coefficient (Wildman–Crippen LogP) is 5.05. The van der Waals surface area contributed by atoms with Gasteiger partial charge in [0, 0.05) is 11.6 Å². The maximum atomic E-state index is 12.7. The molecule has 2 nitrogen and oxygen atoms in total. The highest BCUT2D eigenvalue weighted by Crippen LogP contribution is 2.34. The highest BCUT2D eigenvalue weighted by Gasteiger charge is 2.30. The molecule has 2 aromatic carbocycles. The van der Waals surface area contributed by atoms with Gasteiger partial charge in [-0.1, -0.05) is 18.2 Å². The van der Waals surface area contributed by atoms with Crippen molar-refractivity contribution in [1.29, 1.82) is 0 Å². The summed E-state index contributed by atoms with van der Waals surface area (Å²) >= 11 is 0. The minimum Gasteiger partial charge on any atom is -0.457 e. The molecule has 0 aliphatic rings. The Morgan fingerprint density at radius 3 is 2.38 bits per heavy atom. The number of para-hydroxylation sites is 1. The average molecular weight is 289 g/mol. The van der Waals surface area contributed by atoms with Crippen LogP contribution >= 0.6 is 0 Å². The maximum Gasteiger partial charge on any atom is 0.416 e. The summed E-state index contributed by atoms with van der Waals surface area (Å²) in [7, 11) is 0. The Bertz CT molecular complexity index is 769. The lowest BCUT2D eigenvalue weighted by atomic mass is 10.1. The minimum absolute atomic E-state index is 0.248. The van der Waals surface area contributed by atoms with Crippen LogP contribution in [0.2, 0.25) is 0 Å². The maximum absolute atomic E-state index is 12.7. The summed E-state index contributed by atoms with van der Waals surface area (Å²) in [5, 5.41) is 0.536. The lowest BCUT2D eigenvalue weighted by Gasteiger charge is -2.11. The molecular weight excluding hydrogens is 279 g/mol. The van der Waals surface area contributed by atoms with E-state index >= 15 is 0 Å². The number of nitrogens with zero attached hydrogens (tertiary/aromatic N) is 1. The third kappa shape index (κ3) is 2.81. The van der Waals surface area contributed by atoms with Crippen LogP contribution in [0.4, 0.5) is 13.2 Å². The Hall–Kier alpha value is -2.56. The van der Waals surface area contributed by atoms with Gasteiger partial charge < -0.3 is 4.74 Å². The van der Waals surface area contributed by atoms with Crippen LogP contribution < -0.4 is 4.74 Å². The molecule has 0 saturated carbocycles. The van der Waals surface area contributed by atoms with Crippen molar-refractivity contribution in [1.82, 2.24) is 4.98 Å². The lowest BCUT2D eigenvalue weighted by molar-refractivity contribution is -0.137. The van der Waals surface area contributed by atoms with Crippen LogP contribution in [-0.2, 0) is 6.18 Å². The molecule has 21 heavy (non-hydrogen) atoms. The molecule has 1 aromatic heterocycles. The number of hydrogen-bond donors (Lipinski definition) is 0. The number of benzene rings is 2. The molecule has 0 unspecified atom stereocenters. The minimum atomic E-state index is -4.38. The van der Waals surface area contributed by atoms with Crippen molar-refractivity contribution in [3.05, 3.63) is 66.4 Å². The van der Waals surface area contributed by atoms with Crippen molar-refractivity contribution in [2.75, 3.05) is 0 Å². The quantitative estimate of drug-likeness (QED) is 0.659. The van der Waals surface area contributed by atoms with E-state index in [1.807, 2.05) is 18.2 Å². The first-order valence-corrected chi connectivity index (χ1v) is 6.23. The van der Waals surface area contributed by atoms with E-state index in [1.165, 1.54) is 12.3 Å². The zero-order valence-corrected chi connectivity index (χ0v) is 10.8. The van der Waals surface area contributed by atoms with Crippen LogP contribution in [0.15, 0.2) is 60.8 Å². The summed E-state index contributed by atoms with van der Waals surface area (Å²) in [5.74, 6) is 1.09. The topological polar surface area (TPSA) is 22.1 Å². The number of rotatable bonds is 2. The van der Waals surface area contributed by atoms with Gasteiger partial charge in [-0.15, -0.1) is 0 Å². The largest absolute Gasteiger partial charge is 0.457 e. The zero-order chi connectivity index (χ0) is 14.9. The van der Waals surface area contributed by atoms with Gasteiger partial charge in [-0.05, 0) is 36.4 Å². The van der Waals surface area contributed by atoms with Crippen molar-refractivity contribution < 1.29 is 17.9 Å². The molecule has 0 N–H and O–H groups in total. The second-order valence-electron chi connectivity index (χ2n) is 4.45. The summed E-state index contributed by atoms with van der Waals surface area (Å²) < 4.78 is 43.8. The van der Waals surface area contributed by atoms with Gasteiger partial charge in [-0.3, -0.25) is 4.98 Å². The Labute approximate surface area is 118 Å². The fraction of sp³-hybridized carbons (Fsp3) is 0.0625. The second kappa shape index (κ2) is 5.09. The van der Waals surface area contributed by atoms with E-state index in [4.69, 9.17) is 4.74 Å². The van der Waals surface area contributed by atoms with Crippen molar-refractivity contribution in [2.45, 2.75) is 6.18 Å². The summed E-state index contributed by atoms with van der Waals surface area (Å²) in [4.78, 5) is 3.98. The van der Waals surface area contributed by atoms with Crippen LogP contribution in [0.5, 0.6) is 11.5 Å². The summed E-state index contributed by atoms with van der Waals surface area (Å²) in [6.07, 6.45) is -2.95. The number of ether oxygens (including phenoxy) is 1. The van der Waals surface area contributed by atoms with E-state index < -0.39 is 11.7 Å². The van der Waals surface area contributed by atoms with E-state index in [2.05, 4.69) is 4.98 Å². The van der Waals surface area contributed by atoms with E-state index in [0.717, 1.165) is 12.1 Å². The second-order valence-corrected chi connectivity index (χ2v) is 4.45. The summed E-state index contributed by atoms with van der Waals surface area (Å²) in [6, 6.07) is 14.1. The molecule has 3 rings (SSSR count). The standard InChI is InChI=1S/C16H10F3NO/c17-16(18,19)11-6-7-13-14(10-11)20-9-8-15(13)21-12-4-2-1-3-5-12/h1-10H. The zero-order valence-electron chi connectivity index (χ0n) is 10.8. The van der Waals surface area contributed by atoms with Gasteiger partial charge in [-0.2, -0.15) is 13.2 Å². The lowest BCUT2D eigenvalue weighted by Crippen LogP contribution is -2.04. The van der Waals surface area contributed by atoms with Gasteiger partial charge in [0.1, 0.15) is 11.5 Å². The van der Waals surface area contributed by atoms with Crippen molar-refractivity contribution in [2.24, 2.45) is 0 Å². The number of pyridine rings is 1. The van der Waals surface area contributed by atoms with Crippen LogP contribution in [0.3, 0.4) is 0 Å². The molecule has 0 radical (unpaired) electrons. The Morgan fingerprint density at radius 2 is 1.67 bits per heavy atom. The molecule has 3 aromatic rings. The number of fused-ring (bicyclic) bond motifs is 1. The van der Waals surface area contributed by atoms with E-state index in [1.54, 1.807) is 18.2 Å². The van der Waals surface area contributed by atoms with Crippen molar-refractivity contribution in [3.8, 4) is 11.5 Å². The molecule has 106 valence electrons. The molecule has 0 atom stereocenters. The third-order valence-corrected chi connectivity index (χ3v) is 3.00. The summed E-state index contributed by atoms with van der Waals surface area (Å²) in [5.41, 5.74) is -0.474. The first-order chi connectivity index (χ1) is 10.0. The van der Waals surface area contributed by atoms with Crippen LogP contribution in [0.25, 0.3) is 10.9 Å². The smallest absolute Gasteiger partial charge is 0.416 e. The number of alkyl halides is 3. The van der Waals surface area contributed by atoms with Gasteiger partial charge in [-0.25, -0.2) is 0 Å². The normalized spacial score (nSPS) is 11.6. The fourth-order valence-electron chi connectivity index (χ4n) is 2.00. The Balaban J connectivity index is 2.05. The highest BCUT2D eigenvalue weighted by atomic mass is 19.4. The molecule has 0 saturated heterocycles. The van der Waals surface area contributed by atoms with Gasteiger partial charge in [0.05, 0.1) is 11.1 Å². The fourth-order valence-corrected chi connectivity index (χ4v) is 2.00. The van der Waals surface area contributed by atoms with Gasteiger partial charge in [0.15, 0.2) is 0 Å². The third-order valence-electron chi connectivity index (χ3n) is 3.00. The Kier molecular flexibility index (Phi) is 3.25. The monoisotopic (exact) mass is 289 g/mol. The van der Waals surface area contributed by atoms with E-state index in [9.17, 15) is 13.2 Å². The molecule has 0 bridgehead atoms. The van der Waals surface area contributed by atoms with Gasteiger partial charge in [0.25, 0.3) is 0 Å². The molecule has 0 spiro atoms. The molecule has 5 heteroatoms. The number of hydrogen-bond acceptors (Lipinski definition) is 2. The first-order valence-electron chi connectivity index (χ1n) is 6.23. The molecule has 0 aliphatic heterocycles. The van der Waals surface area contributed by atoms with E-state index in [0.29, 0.717) is 16.9 Å². The number of halogens is 3. The van der Waals surface area contributed by atoms with Crippen molar-refractivity contribution >= 4 is 10.9 Å². The van der Waals surface area contributed by atoms with Gasteiger partial charge >= 0.3 is 6.18 Å². The van der Waals surface area contributed by atoms with Crippen molar-refractivity contribution in [3.63, 3.8) is 0 Å². The highest BCUT2D eigenvalue weighted by molar-refractivity contribution is 5.85. The van der Waals surface area contributed by atoms with E-state index in [-0.39, 0.29) is 5.52 Å². The van der Waals surface area contributed by atoms with Crippen LogP contribution in [-0.4, -0.2) is 4.98 Å². The molecule has 1 heterocycles. The molecular formula is C16H10F3NO. The molecule has 0 fully saturated rings. The average Bonchev–Trinajstić information content (AvgIpc) is 2.47. The molecule has 0 amide bonds. The predicted molar refractivity (Wildman–Crippen MR) is 73.3 cm³/mol. The first kappa shape index (κ1) is 13.4. The van der Waals surface area contributed by atoms with Crippen LogP contribution in [0.1, 0.15) is 5.56 Å². The number of aromatic nitrogens is 1. The Morgan fingerprint density at radius 1 is 0.905 bits per heavy atom. The SMILES string of the molecule is FC(F)(F)c1ccc2c(Oc3ccccc3)ccnc2c1. The van der Waals surface area contributed by atoms with Gasteiger partial charge in [0.2, 0.25) is 0 Å².